The molecule has 3 fully saturated rings. The molecule has 3 aliphatic rings. The molecule has 0 aromatic carbocycles. The number of amides is 3. The fourth-order valence-electron chi connectivity index (χ4n) is 5.14. The van der Waals surface area contributed by atoms with Crippen molar-refractivity contribution in [1.82, 2.24) is 30.1 Å². The fraction of sp³-hybridized carbons (Fsp3) is 0.654. The number of aromatic amines is 1. The average Bonchev–Trinajstić information content (AvgIpc) is 3.48. The largest absolute Gasteiger partial charge is 0.444 e. The van der Waals surface area contributed by atoms with Crippen molar-refractivity contribution in [1.29, 1.82) is 0 Å². The Balaban J connectivity index is 1.21. The van der Waals surface area contributed by atoms with E-state index in [0.29, 0.717) is 55.2 Å². The van der Waals surface area contributed by atoms with E-state index in [4.69, 9.17) is 4.74 Å². The first-order chi connectivity index (χ1) is 16.9. The number of carbonyl (C=O) groups excluding carboxylic acids is 3. The Labute approximate surface area is 211 Å². The van der Waals surface area contributed by atoms with Crippen LogP contribution < -0.4 is 5.32 Å². The molecular weight excluding hydrogens is 460 g/mol. The Morgan fingerprint density at radius 3 is 2.44 bits per heavy atom. The van der Waals surface area contributed by atoms with Crippen LogP contribution in [0.15, 0.2) is 12.4 Å². The van der Waals surface area contributed by atoms with Gasteiger partial charge in [0, 0.05) is 43.7 Å². The molecule has 4 heterocycles. The van der Waals surface area contributed by atoms with Gasteiger partial charge in [0.05, 0.1) is 17.5 Å². The van der Waals surface area contributed by atoms with Gasteiger partial charge in [-0.05, 0) is 46.0 Å². The molecule has 2 saturated heterocycles. The molecule has 194 valence electrons. The van der Waals surface area contributed by atoms with Crippen LogP contribution in [0.2, 0.25) is 0 Å². The number of hydrogen-bond donors (Lipinski definition) is 2. The van der Waals surface area contributed by atoms with E-state index in [1.807, 2.05) is 34.6 Å². The summed E-state index contributed by atoms with van der Waals surface area (Å²) in [6.45, 7) is 12.0. The van der Waals surface area contributed by atoms with Crippen LogP contribution in [-0.2, 0) is 9.53 Å². The number of carbonyl (C=O) groups is 3. The lowest BCUT2D eigenvalue weighted by Gasteiger charge is -2.60. The van der Waals surface area contributed by atoms with E-state index in [1.54, 1.807) is 22.2 Å². The third-order valence-electron chi connectivity index (χ3n) is 7.02. The van der Waals surface area contributed by atoms with E-state index in [0.717, 1.165) is 18.5 Å². The van der Waals surface area contributed by atoms with Gasteiger partial charge in [-0.2, -0.15) is 0 Å². The highest BCUT2D eigenvalue weighted by atomic mass is 16.6. The number of rotatable bonds is 6. The summed E-state index contributed by atoms with van der Waals surface area (Å²) >= 11 is 0. The predicted molar refractivity (Wildman–Crippen MR) is 133 cm³/mol. The molecule has 2 aromatic rings. The SMILES string of the molecule is CC(C)C[C@@H](NC(=O)c1c[nH]c2ncc(C3CC3)nc12)C(=O)N1CC2(CN(C(=O)OC(C)(C)C)C2)C1. The molecule has 0 radical (unpaired) electrons. The Hall–Kier alpha value is -3.17. The summed E-state index contributed by atoms with van der Waals surface area (Å²) in [5, 5.41) is 2.97. The summed E-state index contributed by atoms with van der Waals surface area (Å²) in [4.78, 5) is 54.5. The molecule has 10 nitrogen and oxygen atoms in total. The molecule has 2 aromatic heterocycles. The van der Waals surface area contributed by atoms with Crippen LogP contribution in [0.4, 0.5) is 4.79 Å². The van der Waals surface area contributed by atoms with Crippen molar-refractivity contribution in [3.05, 3.63) is 23.7 Å². The molecule has 1 atom stereocenters. The third kappa shape index (κ3) is 4.90. The van der Waals surface area contributed by atoms with Gasteiger partial charge in [-0.25, -0.2) is 14.8 Å². The number of hydrogen-bond acceptors (Lipinski definition) is 6. The number of likely N-dealkylation sites (tertiary alicyclic amines) is 2. The summed E-state index contributed by atoms with van der Waals surface area (Å²) in [6, 6.07) is -0.624. The van der Waals surface area contributed by atoms with Crippen LogP contribution >= 0.6 is 0 Å². The maximum Gasteiger partial charge on any atom is 0.410 e. The van der Waals surface area contributed by atoms with Crippen molar-refractivity contribution in [2.24, 2.45) is 11.3 Å². The van der Waals surface area contributed by atoms with Crippen LogP contribution in [-0.4, -0.2) is 80.5 Å². The molecule has 1 spiro atoms. The first-order valence-corrected chi connectivity index (χ1v) is 12.8. The van der Waals surface area contributed by atoms with E-state index in [2.05, 4.69) is 20.3 Å². The molecule has 36 heavy (non-hydrogen) atoms. The molecule has 10 heteroatoms. The molecule has 0 bridgehead atoms. The smallest absolute Gasteiger partial charge is 0.410 e. The van der Waals surface area contributed by atoms with Crippen molar-refractivity contribution in [3.63, 3.8) is 0 Å². The van der Waals surface area contributed by atoms with Crippen LogP contribution in [0.5, 0.6) is 0 Å². The molecule has 2 N–H and O–H groups in total. The lowest BCUT2D eigenvalue weighted by atomic mass is 9.72. The highest BCUT2D eigenvalue weighted by Gasteiger charge is 2.55. The standard InChI is InChI=1S/C26H36N6O4/c1-15(2)8-18(23(34)31-11-26(12-31)13-32(14-26)24(35)36-25(3,4)5)30-22(33)17-9-27-21-20(17)29-19(10-28-21)16-6-7-16/h9-10,15-16,18H,6-8,11-14H2,1-5H3,(H,27,28)(H,30,33)/t18-/m1/s1. The van der Waals surface area contributed by atoms with Crippen LogP contribution in [0, 0.1) is 11.3 Å². The second-order valence-electron chi connectivity index (χ2n) is 12.2. The van der Waals surface area contributed by atoms with E-state index in [-0.39, 0.29) is 29.2 Å². The summed E-state index contributed by atoms with van der Waals surface area (Å²) < 4.78 is 5.44. The summed E-state index contributed by atoms with van der Waals surface area (Å²) in [5.41, 5.74) is 1.85. The zero-order chi connectivity index (χ0) is 25.8. The number of H-pyrrole nitrogens is 1. The lowest BCUT2D eigenvalue weighted by molar-refractivity contribution is -0.159. The number of aromatic nitrogens is 3. The van der Waals surface area contributed by atoms with Gasteiger partial charge in [0.2, 0.25) is 5.91 Å². The maximum atomic E-state index is 13.4. The minimum Gasteiger partial charge on any atom is -0.444 e. The Kier molecular flexibility index (Phi) is 5.95. The van der Waals surface area contributed by atoms with E-state index >= 15 is 0 Å². The number of ether oxygens (including phenoxy) is 1. The monoisotopic (exact) mass is 496 g/mol. The minimum atomic E-state index is -0.624. The number of fused-ring (bicyclic) bond motifs is 1. The first-order valence-electron chi connectivity index (χ1n) is 12.8. The zero-order valence-electron chi connectivity index (χ0n) is 21.8. The van der Waals surface area contributed by atoms with Crippen LogP contribution in [0.3, 0.4) is 0 Å². The predicted octanol–water partition coefficient (Wildman–Crippen LogP) is 3.06. The molecule has 2 aliphatic heterocycles. The molecular formula is C26H36N6O4. The number of nitrogens with zero attached hydrogens (tertiary/aromatic N) is 4. The number of nitrogens with one attached hydrogen (secondary N) is 2. The minimum absolute atomic E-state index is 0.0649. The topological polar surface area (TPSA) is 121 Å². The Morgan fingerprint density at radius 1 is 1.17 bits per heavy atom. The van der Waals surface area contributed by atoms with Gasteiger partial charge in [-0.3, -0.25) is 9.59 Å². The van der Waals surface area contributed by atoms with Gasteiger partial charge in [0.15, 0.2) is 5.65 Å². The second kappa shape index (κ2) is 8.74. The summed E-state index contributed by atoms with van der Waals surface area (Å²) in [6.07, 6.45) is 5.82. The molecule has 3 amide bonds. The fourth-order valence-corrected chi connectivity index (χ4v) is 5.14. The normalized spacial score (nSPS) is 19.7. The quantitative estimate of drug-likeness (QED) is 0.634. The van der Waals surface area contributed by atoms with Gasteiger partial charge in [0.1, 0.15) is 17.2 Å². The van der Waals surface area contributed by atoms with Crippen molar-refractivity contribution < 1.29 is 19.1 Å². The molecule has 1 saturated carbocycles. The second-order valence-corrected chi connectivity index (χ2v) is 12.2. The maximum absolute atomic E-state index is 13.4. The van der Waals surface area contributed by atoms with Gasteiger partial charge in [-0.15, -0.1) is 0 Å². The zero-order valence-corrected chi connectivity index (χ0v) is 21.8. The Bertz CT molecular complexity index is 1180. The first kappa shape index (κ1) is 24.5. The molecule has 0 unspecified atom stereocenters. The van der Waals surface area contributed by atoms with Crippen molar-refractivity contribution >= 4 is 29.1 Å². The van der Waals surface area contributed by atoms with E-state index in [1.165, 1.54) is 0 Å². The van der Waals surface area contributed by atoms with E-state index in [9.17, 15) is 14.4 Å². The van der Waals surface area contributed by atoms with Crippen molar-refractivity contribution in [3.8, 4) is 0 Å². The Morgan fingerprint density at radius 2 is 1.83 bits per heavy atom. The van der Waals surface area contributed by atoms with Crippen LogP contribution in [0.25, 0.3) is 11.2 Å². The van der Waals surface area contributed by atoms with Gasteiger partial charge in [0.25, 0.3) is 5.91 Å². The van der Waals surface area contributed by atoms with E-state index < -0.39 is 11.6 Å². The van der Waals surface area contributed by atoms with Gasteiger partial charge >= 0.3 is 6.09 Å². The third-order valence-corrected chi connectivity index (χ3v) is 7.02. The highest BCUT2D eigenvalue weighted by molar-refractivity contribution is 6.06. The van der Waals surface area contributed by atoms with Crippen LogP contribution in [0.1, 0.15) is 75.9 Å². The van der Waals surface area contributed by atoms with Gasteiger partial charge in [-0.1, -0.05) is 13.8 Å². The van der Waals surface area contributed by atoms with Crippen molar-refractivity contribution in [2.75, 3.05) is 26.2 Å². The summed E-state index contributed by atoms with van der Waals surface area (Å²) in [5.74, 6) is 0.255. The molecule has 5 rings (SSSR count). The highest BCUT2D eigenvalue weighted by Crippen LogP contribution is 2.41. The lowest BCUT2D eigenvalue weighted by Crippen LogP contribution is -2.75. The van der Waals surface area contributed by atoms with Gasteiger partial charge < -0.3 is 24.8 Å². The average molecular weight is 497 g/mol. The summed E-state index contributed by atoms with van der Waals surface area (Å²) in [7, 11) is 0. The van der Waals surface area contributed by atoms with Crippen molar-refractivity contribution in [2.45, 2.75) is 71.4 Å². The molecule has 1 aliphatic carbocycles.